The van der Waals surface area contributed by atoms with E-state index in [1.165, 1.54) is 12.1 Å². The molecule has 1 aromatic rings. The van der Waals surface area contributed by atoms with Crippen molar-refractivity contribution in [3.63, 3.8) is 0 Å². The predicted octanol–water partition coefficient (Wildman–Crippen LogP) is 0.236. The number of nitrogens with zero attached hydrogens (tertiary/aromatic N) is 1. The van der Waals surface area contributed by atoms with Crippen molar-refractivity contribution in [3.05, 3.63) is 22.2 Å². The lowest BCUT2D eigenvalue weighted by Gasteiger charge is -2.13. The number of benzene rings is 1. The molecule has 2 heterocycles. The fourth-order valence-electron chi connectivity index (χ4n) is 2.25. The maximum absolute atomic E-state index is 12.1. The van der Waals surface area contributed by atoms with Crippen LogP contribution in [0.5, 0.6) is 11.5 Å². The van der Waals surface area contributed by atoms with E-state index in [1.54, 1.807) is 0 Å². The van der Waals surface area contributed by atoms with Gasteiger partial charge in [-0.3, -0.25) is 14.9 Å². The zero-order chi connectivity index (χ0) is 15.0. The average Bonchev–Trinajstić information content (AvgIpc) is 3.05. The van der Waals surface area contributed by atoms with Crippen molar-refractivity contribution in [3.8, 4) is 11.5 Å². The fourth-order valence-corrected chi connectivity index (χ4v) is 2.25. The number of carbonyl (C=O) groups is 1. The Bertz CT molecular complexity index is 605. The molecule has 0 radical (unpaired) electrons. The Hall–Kier alpha value is -2.39. The summed E-state index contributed by atoms with van der Waals surface area (Å²) in [5.74, 6) is -0.319. The Morgan fingerprint density at radius 1 is 1.33 bits per heavy atom. The van der Waals surface area contributed by atoms with Gasteiger partial charge in [0.05, 0.1) is 30.1 Å². The third kappa shape index (κ3) is 2.48. The van der Waals surface area contributed by atoms with Crippen LogP contribution >= 0.6 is 0 Å². The summed E-state index contributed by atoms with van der Waals surface area (Å²) in [5.41, 5.74) is 5.54. The van der Waals surface area contributed by atoms with E-state index in [0.29, 0.717) is 12.4 Å². The number of rotatable bonds is 3. The Morgan fingerprint density at radius 3 is 2.67 bits per heavy atom. The highest BCUT2D eigenvalue weighted by Crippen LogP contribution is 2.40. The van der Waals surface area contributed by atoms with E-state index >= 15 is 0 Å². The normalized spacial score (nSPS) is 23.1. The van der Waals surface area contributed by atoms with Crippen LogP contribution in [0.15, 0.2) is 12.1 Å². The molecule has 2 aliphatic heterocycles. The maximum atomic E-state index is 12.1. The predicted molar refractivity (Wildman–Crippen MR) is 70.1 cm³/mol. The Labute approximate surface area is 119 Å². The number of carbonyl (C=O) groups excluding carboxylic acids is 1. The van der Waals surface area contributed by atoms with Gasteiger partial charge in [-0.2, -0.15) is 0 Å². The topological polar surface area (TPSA) is 126 Å². The molecule has 1 aromatic carbocycles. The van der Waals surface area contributed by atoms with Crippen molar-refractivity contribution in [1.29, 1.82) is 0 Å². The summed E-state index contributed by atoms with van der Waals surface area (Å²) in [7, 11) is 0. The molecule has 1 fully saturated rings. The third-order valence-electron chi connectivity index (χ3n) is 3.41. The Kier molecular flexibility index (Phi) is 3.35. The minimum absolute atomic E-state index is 0.00870. The van der Waals surface area contributed by atoms with Crippen LogP contribution in [0.25, 0.3) is 0 Å². The molecule has 1 amide bonds. The number of nitrogens with one attached hydrogen (secondary N) is 1. The molecule has 3 rings (SSSR count). The number of hydrogen-bond acceptors (Lipinski definition) is 7. The molecule has 2 unspecified atom stereocenters. The van der Waals surface area contributed by atoms with Gasteiger partial charge in [0.25, 0.3) is 5.69 Å². The SMILES string of the molecule is NC1COCC1C(=O)Nc1cc2c(cc1[N+](=O)[O-])OCO2. The van der Waals surface area contributed by atoms with E-state index in [2.05, 4.69) is 5.32 Å². The van der Waals surface area contributed by atoms with E-state index in [4.69, 9.17) is 19.9 Å². The lowest BCUT2D eigenvalue weighted by Crippen LogP contribution is -2.37. The minimum Gasteiger partial charge on any atom is -0.454 e. The standard InChI is InChI=1S/C12H13N3O6/c13-7-4-19-3-6(7)12(16)14-8-1-10-11(21-5-20-10)2-9(8)15(17)18/h1-2,6-7H,3-5,13H2,(H,14,16). The summed E-state index contributed by atoms with van der Waals surface area (Å²) < 4.78 is 15.4. The van der Waals surface area contributed by atoms with Crippen molar-refractivity contribution < 1.29 is 23.9 Å². The third-order valence-corrected chi connectivity index (χ3v) is 3.41. The van der Waals surface area contributed by atoms with Gasteiger partial charge < -0.3 is 25.3 Å². The first-order valence-corrected chi connectivity index (χ1v) is 6.28. The molecule has 9 nitrogen and oxygen atoms in total. The lowest BCUT2D eigenvalue weighted by atomic mass is 10.0. The molecule has 3 N–H and O–H groups in total. The number of fused-ring (bicyclic) bond motifs is 1. The molecule has 2 aliphatic rings. The van der Waals surface area contributed by atoms with Gasteiger partial charge in [0.1, 0.15) is 5.69 Å². The number of hydrogen-bond donors (Lipinski definition) is 2. The smallest absolute Gasteiger partial charge is 0.296 e. The minimum atomic E-state index is -0.595. The average molecular weight is 295 g/mol. The molecule has 0 spiro atoms. The van der Waals surface area contributed by atoms with Crippen LogP contribution in [0, 0.1) is 16.0 Å². The number of nitrogens with two attached hydrogens (primary N) is 1. The molecule has 0 aliphatic carbocycles. The van der Waals surface area contributed by atoms with E-state index in [0.717, 1.165) is 0 Å². The van der Waals surface area contributed by atoms with Gasteiger partial charge in [-0.1, -0.05) is 0 Å². The van der Waals surface area contributed by atoms with E-state index in [9.17, 15) is 14.9 Å². The van der Waals surface area contributed by atoms with Crippen molar-refractivity contribution >= 4 is 17.3 Å². The van der Waals surface area contributed by atoms with Crippen molar-refractivity contribution in [2.24, 2.45) is 11.7 Å². The quantitative estimate of drug-likeness (QED) is 0.604. The number of amides is 1. The van der Waals surface area contributed by atoms with Crippen molar-refractivity contribution in [2.75, 3.05) is 25.3 Å². The largest absolute Gasteiger partial charge is 0.454 e. The highest BCUT2D eigenvalue weighted by Gasteiger charge is 2.33. The van der Waals surface area contributed by atoms with Crippen LogP contribution in [-0.2, 0) is 9.53 Å². The van der Waals surface area contributed by atoms with Gasteiger partial charge in [0, 0.05) is 12.1 Å². The first-order valence-electron chi connectivity index (χ1n) is 6.28. The summed E-state index contributed by atoms with van der Waals surface area (Å²) in [4.78, 5) is 22.6. The molecular formula is C12H13N3O6. The summed E-state index contributed by atoms with van der Waals surface area (Å²) in [6, 6.07) is 2.18. The molecule has 0 aromatic heterocycles. The number of ether oxygens (including phenoxy) is 3. The molecular weight excluding hydrogens is 282 g/mol. The zero-order valence-corrected chi connectivity index (χ0v) is 10.9. The second kappa shape index (κ2) is 5.19. The van der Waals surface area contributed by atoms with E-state index < -0.39 is 22.8 Å². The second-order valence-corrected chi connectivity index (χ2v) is 4.78. The van der Waals surface area contributed by atoms with Crippen LogP contribution in [0.1, 0.15) is 0 Å². The Balaban J connectivity index is 1.87. The van der Waals surface area contributed by atoms with Crippen LogP contribution in [0.3, 0.4) is 0 Å². The van der Waals surface area contributed by atoms with Crippen LogP contribution in [0.4, 0.5) is 11.4 Å². The number of nitro groups is 1. The van der Waals surface area contributed by atoms with Gasteiger partial charge in [0.2, 0.25) is 12.7 Å². The highest BCUT2D eigenvalue weighted by atomic mass is 16.7. The van der Waals surface area contributed by atoms with E-state index in [-0.39, 0.29) is 30.5 Å². The molecule has 9 heteroatoms. The van der Waals surface area contributed by atoms with Crippen LogP contribution in [0.2, 0.25) is 0 Å². The molecule has 2 atom stereocenters. The van der Waals surface area contributed by atoms with Crippen LogP contribution in [-0.4, -0.2) is 36.9 Å². The van der Waals surface area contributed by atoms with Gasteiger partial charge in [-0.15, -0.1) is 0 Å². The zero-order valence-electron chi connectivity index (χ0n) is 10.9. The molecule has 0 saturated carbocycles. The van der Waals surface area contributed by atoms with E-state index in [1.807, 2.05) is 0 Å². The number of nitro benzene ring substituents is 1. The summed E-state index contributed by atoms with van der Waals surface area (Å²) in [6.07, 6.45) is 0. The molecule has 0 bridgehead atoms. The monoisotopic (exact) mass is 295 g/mol. The highest BCUT2D eigenvalue weighted by molar-refractivity contribution is 5.96. The van der Waals surface area contributed by atoms with Crippen molar-refractivity contribution in [2.45, 2.75) is 6.04 Å². The maximum Gasteiger partial charge on any atom is 0.296 e. The summed E-state index contributed by atoms with van der Waals surface area (Å²) >= 11 is 0. The Morgan fingerprint density at radius 2 is 2.05 bits per heavy atom. The van der Waals surface area contributed by atoms with Gasteiger partial charge in [-0.25, -0.2) is 0 Å². The fraction of sp³-hybridized carbons (Fsp3) is 0.417. The lowest BCUT2D eigenvalue weighted by molar-refractivity contribution is -0.384. The number of anilines is 1. The molecule has 21 heavy (non-hydrogen) atoms. The van der Waals surface area contributed by atoms with Crippen molar-refractivity contribution in [1.82, 2.24) is 0 Å². The summed E-state index contributed by atoms with van der Waals surface area (Å²) in [6.45, 7) is 0.484. The van der Waals surface area contributed by atoms with Gasteiger partial charge >= 0.3 is 0 Å². The molecule has 112 valence electrons. The van der Waals surface area contributed by atoms with Gasteiger partial charge in [-0.05, 0) is 0 Å². The second-order valence-electron chi connectivity index (χ2n) is 4.78. The first kappa shape index (κ1) is 13.6. The summed E-state index contributed by atoms with van der Waals surface area (Å²) in [5, 5.41) is 13.6. The van der Waals surface area contributed by atoms with Gasteiger partial charge in [0.15, 0.2) is 11.5 Å². The first-order chi connectivity index (χ1) is 10.1. The molecule has 1 saturated heterocycles. The van der Waals surface area contributed by atoms with Crippen LogP contribution < -0.4 is 20.5 Å².